The molecule has 1 N–H and O–H groups in total. The van der Waals surface area contributed by atoms with Gasteiger partial charge in [-0.3, -0.25) is 9.59 Å². The fourth-order valence-corrected chi connectivity index (χ4v) is 3.11. The van der Waals surface area contributed by atoms with Gasteiger partial charge in [-0.05, 0) is 49.2 Å². The lowest BCUT2D eigenvalue weighted by atomic mass is 10.0. The van der Waals surface area contributed by atoms with E-state index in [2.05, 4.69) is 11.4 Å². The molecule has 1 aliphatic rings. The highest BCUT2D eigenvalue weighted by atomic mass is 16.5. The second-order valence-electron chi connectivity index (χ2n) is 6.46. The van der Waals surface area contributed by atoms with Crippen LogP contribution in [0.25, 0.3) is 11.1 Å². The fraction of sp³-hybridized carbons (Fsp3) is 0.300. The van der Waals surface area contributed by atoms with Crippen LogP contribution < -0.4 is 10.2 Å². The molecular weight excluding hydrogens is 316 g/mol. The van der Waals surface area contributed by atoms with E-state index in [1.807, 2.05) is 50.2 Å². The molecule has 2 aromatic rings. The summed E-state index contributed by atoms with van der Waals surface area (Å²) in [6, 6.07) is 13.8. The minimum atomic E-state index is -0.0985. The minimum Gasteiger partial charge on any atom is -0.367 e. The number of anilines is 2. The summed E-state index contributed by atoms with van der Waals surface area (Å²) in [6.45, 7) is 5.99. The van der Waals surface area contributed by atoms with Crippen LogP contribution in [0.5, 0.6) is 0 Å². The van der Waals surface area contributed by atoms with E-state index < -0.39 is 0 Å². The summed E-state index contributed by atoms with van der Waals surface area (Å²) in [6.07, 6.45) is 0. The van der Waals surface area contributed by atoms with E-state index in [4.69, 9.17) is 4.74 Å². The number of amides is 2. The predicted molar refractivity (Wildman–Crippen MR) is 98.5 cm³/mol. The average Bonchev–Trinajstić information content (AvgIpc) is 2.71. The number of hydrogen-bond acceptors (Lipinski definition) is 3. The molecule has 2 amide bonds. The maximum atomic E-state index is 12.3. The second-order valence-corrected chi connectivity index (χ2v) is 6.46. The van der Waals surface area contributed by atoms with Gasteiger partial charge in [0.25, 0.3) is 5.91 Å². The zero-order valence-corrected chi connectivity index (χ0v) is 14.7. The van der Waals surface area contributed by atoms with Gasteiger partial charge < -0.3 is 15.0 Å². The third kappa shape index (κ3) is 3.72. The van der Waals surface area contributed by atoms with Crippen LogP contribution in [0.2, 0.25) is 0 Å². The lowest BCUT2D eigenvalue weighted by molar-refractivity contribution is -0.123. The summed E-state index contributed by atoms with van der Waals surface area (Å²) in [7, 11) is 0. The Morgan fingerprint density at radius 3 is 2.60 bits per heavy atom. The quantitative estimate of drug-likeness (QED) is 0.930. The summed E-state index contributed by atoms with van der Waals surface area (Å²) in [4.78, 5) is 25.3. The van der Waals surface area contributed by atoms with Crippen LogP contribution in [0.3, 0.4) is 0 Å². The lowest BCUT2D eigenvalue weighted by Gasteiger charge is -2.26. The lowest BCUT2D eigenvalue weighted by Crippen LogP contribution is -2.38. The molecule has 0 saturated carbocycles. The summed E-state index contributed by atoms with van der Waals surface area (Å²) < 4.78 is 5.53. The number of nitrogens with zero attached hydrogens (tertiary/aromatic N) is 1. The Labute approximate surface area is 147 Å². The van der Waals surface area contributed by atoms with Gasteiger partial charge in [0.1, 0.15) is 6.61 Å². The number of ether oxygens (including phenoxy) is 1. The van der Waals surface area contributed by atoms with Crippen molar-refractivity contribution in [3.05, 3.63) is 48.0 Å². The molecule has 0 fully saturated rings. The zero-order valence-electron chi connectivity index (χ0n) is 14.7. The highest BCUT2D eigenvalue weighted by molar-refractivity contribution is 5.96. The molecule has 3 rings (SSSR count). The normalized spacial score (nSPS) is 14.2. The Balaban J connectivity index is 2.00. The van der Waals surface area contributed by atoms with Crippen molar-refractivity contribution in [3.8, 4) is 11.1 Å². The van der Waals surface area contributed by atoms with Crippen molar-refractivity contribution in [2.24, 2.45) is 0 Å². The van der Waals surface area contributed by atoms with Gasteiger partial charge in [0.15, 0.2) is 0 Å². The van der Waals surface area contributed by atoms with Crippen LogP contribution in [0.15, 0.2) is 42.5 Å². The third-order valence-electron chi connectivity index (χ3n) is 4.12. The van der Waals surface area contributed by atoms with E-state index in [0.717, 1.165) is 28.1 Å². The molecule has 0 spiro atoms. The standard InChI is InChI=1S/C20H22N2O3/c1-13(2)22-19-8-7-16(9-17(19)11-25-12-20(22)24)15-5-4-6-18(10-15)21-14(3)23/h4-10,13H,11-12H2,1-3H3,(H,21,23). The number of rotatable bonds is 3. The molecule has 25 heavy (non-hydrogen) atoms. The van der Waals surface area contributed by atoms with Crippen molar-refractivity contribution < 1.29 is 14.3 Å². The van der Waals surface area contributed by atoms with Crippen LogP contribution in [-0.4, -0.2) is 24.5 Å². The summed E-state index contributed by atoms with van der Waals surface area (Å²) in [5.41, 5.74) is 4.67. The smallest absolute Gasteiger partial charge is 0.253 e. The molecular formula is C20H22N2O3. The molecule has 0 unspecified atom stereocenters. The first-order chi connectivity index (χ1) is 12.0. The molecule has 1 heterocycles. The molecule has 0 atom stereocenters. The Morgan fingerprint density at radius 2 is 1.88 bits per heavy atom. The van der Waals surface area contributed by atoms with E-state index in [1.54, 1.807) is 4.90 Å². The molecule has 130 valence electrons. The second kappa shape index (κ2) is 7.07. The summed E-state index contributed by atoms with van der Waals surface area (Å²) in [5, 5.41) is 2.80. The molecule has 0 saturated heterocycles. The van der Waals surface area contributed by atoms with Crippen molar-refractivity contribution in [1.29, 1.82) is 0 Å². The summed E-state index contributed by atoms with van der Waals surface area (Å²) in [5.74, 6) is -0.118. The van der Waals surface area contributed by atoms with Crippen LogP contribution in [0, 0.1) is 0 Å². The van der Waals surface area contributed by atoms with E-state index >= 15 is 0 Å². The molecule has 5 heteroatoms. The highest BCUT2D eigenvalue weighted by Crippen LogP contribution is 2.32. The van der Waals surface area contributed by atoms with Crippen molar-refractivity contribution in [2.45, 2.75) is 33.4 Å². The SMILES string of the molecule is CC(=O)Nc1cccc(-c2ccc3c(c2)COCC(=O)N3C(C)C)c1. The number of nitrogens with one attached hydrogen (secondary N) is 1. The Kier molecular flexibility index (Phi) is 4.86. The number of benzene rings is 2. The van der Waals surface area contributed by atoms with E-state index in [1.165, 1.54) is 6.92 Å². The Morgan fingerprint density at radius 1 is 1.12 bits per heavy atom. The molecule has 0 radical (unpaired) electrons. The summed E-state index contributed by atoms with van der Waals surface area (Å²) >= 11 is 0. The van der Waals surface area contributed by atoms with Crippen LogP contribution in [0.1, 0.15) is 26.3 Å². The first-order valence-corrected chi connectivity index (χ1v) is 8.36. The monoisotopic (exact) mass is 338 g/mol. The largest absolute Gasteiger partial charge is 0.367 e. The topological polar surface area (TPSA) is 58.6 Å². The maximum Gasteiger partial charge on any atom is 0.253 e. The molecule has 0 aromatic heterocycles. The fourth-order valence-electron chi connectivity index (χ4n) is 3.11. The van der Waals surface area contributed by atoms with Crippen molar-refractivity contribution >= 4 is 23.2 Å². The molecule has 1 aliphatic heterocycles. The number of carbonyl (C=O) groups is 2. The van der Waals surface area contributed by atoms with Gasteiger partial charge in [-0.2, -0.15) is 0 Å². The molecule has 2 aromatic carbocycles. The third-order valence-corrected chi connectivity index (χ3v) is 4.12. The first kappa shape index (κ1) is 17.2. The Bertz CT molecular complexity index is 814. The number of carbonyl (C=O) groups excluding carboxylic acids is 2. The van der Waals surface area contributed by atoms with E-state index in [-0.39, 0.29) is 24.5 Å². The van der Waals surface area contributed by atoms with Crippen LogP contribution >= 0.6 is 0 Å². The van der Waals surface area contributed by atoms with Gasteiger partial charge in [-0.25, -0.2) is 0 Å². The zero-order chi connectivity index (χ0) is 18.0. The van der Waals surface area contributed by atoms with Crippen molar-refractivity contribution in [3.63, 3.8) is 0 Å². The van der Waals surface area contributed by atoms with E-state index in [0.29, 0.717) is 6.61 Å². The van der Waals surface area contributed by atoms with E-state index in [9.17, 15) is 9.59 Å². The van der Waals surface area contributed by atoms with Gasteiger partial charge in [-0.15, -0.1) is 0 Å². The number of hydrogen-bond donors (Lipinski definition) is 1. The first-order valence-electron chi connectivity index (χ1n) is 8.36. The minimum absolute atomic E-state index is 0.0193. The van der Waals surface area contributed by atoms with Gasteiger partial charge in [-0.1, -0.05) is 18.2 Å². The highest BCUT2D eigenvalue weighted by Gasteiger charge is 2.25. The van der Waals surface area contributed by atoms with Gasteiger partial charge in [0.2, 0.25) is 5.91 Å². The molecule has 0 aliphatic carbocycles. The van der Waals surface area contributed by atoms with Crippen molar-refractivity contribution in [1.82, 2.24) is 0 Å². The van der Waals surface area contributed by atoms with Gasteiger partial charge in [0, 0.05) is 29.9 Å². The van der Waals surface area contributed by atoms with Gasteiger partial charge in [0.05, 0.1) is 6.61 Å². The predicted octanol–water partition coefficient (Wildman–Crippen LogP) is 3.58. The molecule has 0 bridgehead atoms. The van der Waals surface area contributed by atoms with Crippen LogP contribution in [-0.2, 0) is 20.9 Å². The maximum absolute atomic E-state index is 12.3. The number of fused-ring (bicyclic) bond motifs is 1. The average molecular weight is 338 g/mol. The van der Waals surface area contributed by atoms with Crippen molar-refractivity contribution in [2.75, 3.05) is 16.8 Å². The molecule has 5 nitrogen and oxygen atoms in total. The van der Waals surface area contributed by atoms with Gasteiger partial charge >= 0.3 is 0 Å². The Hall–Kier alpha value is -2.66. The van der Waals surface area contributed by atoms with Crippen LogP contribution in [0.4, 0.5) is 11.4 Å².